The summed E-state index contributed by atoms with van der Waals surface area (Å²) in [6.07, 6.45) is 1.26. The maximum absolute atomic E-state index is 13.4. The van der Waals surface area contributed by atoms with Crippen LogP contribution < -0.4 is 0 Å². The van der Waals surface area contributed by atoms with Crippen LogP contribution in [-0.2, 0) is 19.9 Å². The van der Waals surface area contributed by atoms with E-state index in [0.29, 0.717) is 10.8 Å². The number of halogens is 1. The highest BCUT2D eigenvalue weighted by molar-refractivity contribution is 9.08. The molecule has 0 N–H and O–H groups in total. The van der Waals surface area contributed by atoms with Crippen molar-refractivity contribution in [2.24, 2.45) is 0 Å². The molecule has 1 heterocycles. The number of alkyl halides is 1. The van der Waals surface area contributed by atoms with E-state index in [0.717, 1.165) is 5.56 Å². The largest absolute Gasteiger partial charge is 0.465 e. The van der Waals surface area contributed by atoms with Gasteiger partial charge in [0.1, 0.15) is 0 Å². The van der Waals surface area contributed by atoms with Crippen LogP contribution in [0.4, 0.5) is 4.79 Å². The van der Waals surface area contributed by atoms with Crippen molar-refractivity contribution < 1.29 is 22.7 Å². The Balaban J connectivity index is 2.36. The summed E-state index contributed by atoms with van der Waals surface area (Å²) in [5, 5.41) is 0.746. The molecule has 29 heavy (non-hydrogen) atoms. The molecular formula is C20H19BrN2O5S. The van der Waals surface area contributed by atoms with Gasteiger partial charge in [-0.2, -0.15) is 0 Å². The molecule has 0 radical (unpaired) electrons. The summed E-state index contributed by atoms with van der Waals surface area (Å²) in [6, 6.07) is 10.6. The van der Waals surface area contributed by atoms with Crippen molar-refractivity contribution in [2.45, 2.75) is 15.1 Å². The molecule has 0 aliphatic carbocycles. The van der Waals surface area contributed by atoms with Gasteiger partial charge in [0.25, 0.3) is 0 Å². The normalized spacial score (nSPS) is 11.4. The van der Waals surface area contributed by atoms with Crippen LogP contribution in [0.15, 0.2) is 58.5 Å². The molecule has 152 valence electrons. The van der Waals surface area contributed by atoms with Gasteiger partial charge in [-0.3, -0.25) is 4.57 Å². The Morgan fingerprint density at radius 2 is 1.76 bits per heavy atom. The number of hydrogen-bond acceptors (Lipinski definition) is 5. The van der Waals surface area contributed by atoms with E-state index in [2.05, 4.69) is 15.9 Å². The lowest BCUT2D eigenvalue weighted by molar-refractivity contribution is 0.0603. The van der Waals surface area contributed by atoms with Gasteiger partial charge in [0.05, 0.1) is 28.0 Å². The highest BCUT2D eigenvalue weighted by Crippen LogP contribution is 2.33. The maximum atomic E-state index is 13.4. The third kappa shape index (κ3) is 3.67. The van der Waals surface area contributed by atoms with E-state index < -0.39 is 21.8 Å². The van der Waals surface area contributed by atoms with E-state index >= 15 is 0 Å². The molecule has 0 aliphatic heterocycles. The Bertz CT molecular complexity index is 1200. The van der Waals surface area contributed by atoms with Crippen LogP contribution in [0.1, 0.15) is 15.9 Å². The number of aromatic nitrogens is 1. The van der Waals surface area contributed by atoms with Crippen LogP contribution in [0, 0.1) is 0 Å². The molecule has 0 aliphatic rings. The zero-order valence-electron chi connectivity index (χ0n) is 16.0. The van der Waals surface area contributed by atoms with Crippen LogP contribution in [0.3, 0.4) is 0 Å². The lowest BCUT2D eigenvalue weighted by Gasteiger charge is -2.11. The summed E-state index contributed by atoms with van der Waals surface area (Å²) < 4.78 is 32.9. The number of hydrogen-bond donors (Lipinski definition) is 0. The van der Waals surface area contributed by atoms with Gasteiger partial charge in [-0.25, -0.2) is 18.0 Å². The van der Waals surface area contributed by atoms with Gasteiger partial charge >= 0.3 is 12.0 Å². The lowest BCUT2D eigenvalue weighted by Crippen LogP contribution is -2.26. The molecule has 1 amide bonds. The smallest absolute Gasteiger partial charge is 0.338 e. The molecular weight excluding hydrogens is 460 g/mol. The summed E-state index contributed by atoms with van der Waals surface area (Å²) in [7, 11) is 0.333. The topological polar surface area (TPSA) is 85.7 Å². The fourth-order valence-corrected chi connectivity index (χ4v) is 4.84. The number of ether oxygens (including phenoxy) is 1. The van der Waals surface area contributed by atoms with Crippen LogP contribution >= 0.6 is 15.9 Å². The second kappa shape index (κ2) is 8.00. The standard InChI is InChI=1S/C20H19BrN2O5S/c1-22(2)20(25)23-12-17(18-15(19(24)28-3)5-4-6-16(18)23)29(26,27)14-9-7-13(11-21)8-10-14/h4-10,12H,11H2,1-3H3. The number of methoxy groups -OCH3 is 1. The van der Waals surface area contributed by atoms with Crippen molar-refractivity contribution in [3.63, 3.8) is 0 Å². The van der Waals surface area contributed by atoms with Gasteiger partial charge in [-0.15, -0.1) is 0 Å². The summed E-state index contributed by atoms with van der Waals surface area (Å²) >= 11 is 3.33. The minimum absolute atomic E-state index is 0.0678. The van der Waals surface area contributed by atoms with E-state index in [1.165, 1.54) is 41.0 Å². The summed E-state index contributed by atoms with van der Waals surface area (Å²) in [4.78, 5) is 26.2. The van der Waals surface area contributed by atoms with E-state index in [-0.39, 0.29) is 20.7 Å². The molecule has 0 spiro atoms. The fourth-order valence-electron chi connectivity index (χ4n) is 2.99. The van der Waals surface area contributed by atoms with Crippen LogP contribution in [0.5, 0.6) is 0 Å². The van der Waals surface area contributed by atoms with Crippen LogP contribution in [0.2, 0.25) is 0 Å². The highest BCUT2D eigenvalue weighted by atomic mass is 79.9. The zero-order chi connectivity index (χ0) is 21.3. The van der Waals surface area contributed by atoms with E-state index in [1.807, 2.05) is 0 Å². The fraction of sp³-hybridized carbons (Fsp3) is 0.200. The first-order chi connectivity index (χ1) is 13.7. The van der Waals surface area contributed by atoms with E-state index in [1.54, 1.807) is 38.4 Å². The molecule has 0 bridgehead atoms. The summed E-state index contributed by atoms with van der Waals surface area (Å²) in [5.74, 6) is -0.684. The molecule has 0 saturated heterocycles. The molecule has 0 unspecified atom stereocenters. The molecule has 0 saturated carbocycles. The third-order valence-electron chi connectivity index (χ3n) is 4.47. The number of carbonyl (C=O) groups is 2. The highest BCUT2D eigenvalue weighted by Gasteiger charge is 2.29. The summed E-state index contributed by atoms with van der Waals surface area (Å²) in [6.45, 7) is 0. The Hall–Kier alpha value is -2.65. The maximum Gasteiger partial charge on any atom is 0.338 e. The predicted molar refractivity (Wildman–Crippen MR) is 112 cm³/mol. The van der Waals surface area contributed by atoms with Crippen molar-refractivity contribution in [2.75, 3.05) is 21.2 Å². The Kier molecular flexibility index (Phi) is 5.81. The minimum atomic E-state index is -4.01. The molecule has 2 aromatic carbocycles. The number of nitrogens with zero attached hydrogens (tertiary/aromatic N) is 2. The molecule has 7 nitrogen and oxygen atoms in total. The Morgan fingerprint density at radius 3 is 2.31 bits per heavy atom. The zero-order valence-corrected chi connectivity index (χ0v) is 18.5. The second-order valence-electron chi connectivity index (χ2n) is 6.51. The minimum Gasteiger partial charge on any atom is -0.465 e. The monoisotopic (exact) mass is 478 g/mol. The second-order valence-corrected chi connectivity index (χ2v) is 8.99. The predicted octanol–water partition coefficient (Wildman–Crippen LogP) is 3.69. The van der Waals surface area contributed by atoms with Gasteiger partial charge < -0.3 is 9.64 Å². The number of fused-ring (bicyclic) bond motifs is 1. The first kappa shape index (κ1) is 21.1. The van der Waals surface area contributed by atoms with Gasteiger partial charge in [0.2, 0.25) is 9.84 Å². The first-order valence-electron chi connectivity index (χ1n) is 8.56. The molecule has 9 heteroatoms. The van der Waals surface area contributed by atoms with Crippen LogP contribution in [-0.4, -0.2) is 51.1 Å². The molecule has 1 aromatic heterocycles. The first-order valence-corrected chi connectivity index (χ1v) is 11.2. The average molecular weight is 479 g/mol. The van der Waals surface area contributed by atoms with Gasteiger partial charge in [0, 0.05) is 31.0 Å². The molecule has 3 rings (SSSR count). The van der Waals surface area contributed by atoms with Crippen molar-refractivity contribution >= 4 is 48.7 Å². The third-order valence-corrected chi connectivity index (χ3v) is 6.90. The quantitative estimate of drug-likeness (QED) is 0.421. The van der Waals surface area contributed by atoms with Crippen molar-refractivity contribution in [3.8, 4) is 0 Å². The number of rotatable bonds is 4. The van der Waals surface area contributed by atoms with Gasteiger partial charge in [-0.1, -0.05) is 34.1 Å². The van der Waals surface area contributed by atoms with Crippen molar-refractivity contribution in [3.05, 3.63) is 59.8 Å². The number of sulfone groups is 1. The van der Waals surface area contributed by atoms with Gasteiger partial charge in [0.15, 0.2) is 0 Å². The number of esters is 1. The molecule has 3 aromatic rings. The van der Waals surface area contributed by atoms with Crippen molar-refractivity contribution in [1.82, 2.24) is 9.47 Å². The molecule has 0 fully saturated rings. The lowest BCUT2D eigenvalue weighted by atomic mass is 10.1. The van der Waals surface area contributed by atoms with Gasteiger partial charge in [-0.05, 0) is 29.8 Å². The Labute approximate surface area is 176 Å². The van der Waals surface area contributed by atoms with Crippen molar-refractivity contribution in [1.29, 1.82) is 0 Å². The number of benzene rings is 2. The molecule has 0 atom stereocenters. The van der Waals surface area contributed by atoms with E-state index in [9.17, 15) is 18.0 Å². The Morgan fingerprint density at radius 1 is 1.10 bits per heavy atom. The van der Waals surface area contributed by atoms with Crippen LogP contribution in [0.25, 0.3) is 10.9 Å². The summed E-state index contributed by atoms with van der Waals surface area (Å²) in [5.41, 5.74) is 1.30. The average Bonchev–Trinajstić information content (AvgIpc) is 3.13. The van der Waals surface area contributed by atoms with E-state index in [4.69, 9.17) is 4.74 Å². The number of carbonyl (C=O) groups excluding carboxylic acids is 2. The number of amides is 1. The SMILES string of the molecule is COC(=O)c1cccc2c1c(S(=O)(=O)c1ccc(CBr)cc1)cn2C(=O)N(C)C.